The number of halogens is 1. The van der Waals surface area contributed by atoms with Crippen molar-refractivity contribution in [2.75, 3.05) is 12.3 Å². The second-order valence-corrected chi connectivity index (χ2v) is 4.50. The van der Waals surface area contributed by atoms with E-state index in [1.54, 1.807) is 0 Å². The predicted molar refractivity (Wildman–Crippen MR) is 69.7 cm³/mol. The second kappa shape index (κ2) is 5.67. The Morgan fingerprint density at radius 2 is 2.28 bits per heavy atom. The van der Waals surface area contributed by atoms with Gasteiger partial charge in [0.2, 0.25) is 0 Å². The molecule has 0 radical (unpaired) electrons. The Kier molecular flexibility index (Phi) is 3.97. The minimum atomic E-state index is -0.540. The van der Waals surface area contributed by atoms with E-state index >= 15 is 0 Å². The highest BCUT2D eigenvalue weighted by molar-refractivity contribution is 5.95. The lowest BCUT2D eigenvalue weighted by Gasteiger charge is -2.07. The maximum Gasteiger partial charge on any atom is 0.254 e. The van der Waals surface area contributed by atoms with Crippen LogP contribution in [0.15, 0.2) is 29.8 Å². The fourth-order valence-electron chi connectivity index (χ4n) is 2.11. The monoisotopic (exact) mass is 248 g/mol. The second-order valence-electron chi connectivity index (χ2n) is 4.50. The maximum absolute atomic E-state index is 13.4. The number of hydrogen-bond donors (Lipinski definition) is 2. The molecule has 0 heterocycles. The van der Waals surface area contributed by atoms with Gasteiger partial charge in [0.25, 0.3) is 5.91 Å². The maximum atomic E-state index is 13.4. The van der Waals surface area contributed by atoms with Crippen LogP contribution in [0.25, 0.3) is 0 Å². The van der Waals surface area contributed by atoms with Crippen molar-refractivity contribution >= 4 is 11.6 Å². The lowest BCUT2D eigenvalue weighted by molar-refractivity contribution is 0.0950. The number of anilines is 1. The van der Waals surface area contributed by atoms with Gasteiger partial charge < -0.3 is 11.1 Å². The molecule has 3 nitrogen and oxygen atoms in total. The van der Waals surface area contributed by atoms with Gasteiger partial charge in [-0.3, -0.25) is 4.79 Å². The van der Waals surface area contributed by atoms with Crippen molar-refractivity contribution in [3.8, 4) is 0 Å². The topological polar surface area (TPSA) is 55.1 Å². The van der Waals surface area contributed by atoms with E-state index in [9.17, 15) is 9.18 Å². The first-order chi connectivity index (χ1) is 8.66. The van der Waals surface area contributed by atoms with Gasteiger partial charge in [-0.25, -0.2) is 4.39 Å². The summed E-state index contributed by atoms with van der Waals surface area (Å²) in [6.07, 6.45) is 6.51. The van der Waals surface area contributed by atoms with Gasteiger partial charge >= 0.3 is 0 Å². The number of amides is 1. The number of nitrogens with two attached hydrogens (primary N) is 1. The van der Waals surface area contributed by atoms with E-state index in [0.717, 1.165) is 19.3 Å². The van der Waals surface area contributed by atoms with Crippen LogP contribution in [0.1, 0.15) is 36.0 Å². The molecule has 96 valence electrons. The smallest absolute Gasteiger partial charge is 0.254 e. The van der Waals surface area contributed by atoms with Gasteiger partial charge in [-0.2, -0.15) is 0 Å². The summed E-state index contributed by atoms with van der Waals surface area (Å²) in [7, 11) is 0. The number of carbonyl (C=O) groups excluding carboxylic acids is 1. The molecule has 0 saturated carbocycles. The third kappa shape index (κ3) is 3.09. The summed E-state index contributed by atoms with van der Waals surface area (Å²) in [4.78, 5) is 11.8. The van der Waals surface area contributed by atoms with Gasteiger partial charge in [0.15, 0.2) is 0 Å². The van der Waals surface area contributed by atoms with Crippen LogP contribution >= 0.6 is 0 Å². The highest BCUT2D eigenvalue weighted by atomic mass is 19.1. The molecule has 0 spiro atoms. The summed E-state index contributed by atoms with van der Waals surface area (Å²) in [6.45, 7) is 0.541. The fraction of sp³-hybridized carbons (Fsp3) is 0.357. The molecule has 0 saturated heterocycles. The summed E-state index contributed by atoms with van der Waals surface area (Å²) in [6, 6.07) is 4.01. The summed E-state index contributed by atoms with van der Waals surface area (Å²) in [5.74, 6) is -0.944. The van der Waals surface area contributed by atoms with Gasteiger partial charge in [-0.05, 0) is 43.9 Å². The van der Waals surface area contributed by atoms with Gasteiger partial charge in [0.05, 0.1) is 5.56 Å². The van der Waals surface area contributed by atoms with E-state index in [1.807, 2.05) is 0 Å². The van der Waals surface area contributed by atoms with Crippen LogP contribution in [-0.4, -0.2) is 12.5 Å². The Labute approximate surface area is 106 Å². The highest BCUT2D eigenvalue weighted by Crippen LogP contribution is 2.19. The van der Waals surface area contributed by atoms with E-state index in [0.29, 0.717) is 12.2 Å². The minimum Gasteiger partial charge on any atom is -0.399 e. The average molecular weight is 248 g/mol. The molecule has 0 atom stereocenters. The van der Waals surface area contributed by atoms with Crippen molar-refractivity contribution in [2.45, 2.75) is 25.7 Å². The Balaban J connectivity index is 1.89. The molecule has 0 aliphatic heterocycles. The summed E-state index contributed by atoms with van der Waals surface area (Å²) >= 11 is 0. The predicted octanol–water partition coefficient (Wildman–Crippen LogP) is 2.64. The quantitative estimate of drug-likeness (QED) is 0.635. The molecule has 4 heteroatoms. The van der Waals surface area contributed by atoms with E-state index in [2.05, 4.69) is 11.4 Å². The van der Waals surface area contributed by atoms with Crippen LogP contribution in [0.4, 0.5) is 10.1 Å². The lowest BCUT2D eigenvalue weighted by atomic mass is 10.1. The molecule has 0 bridgehead atoms. The minimum absolute atomic E-state index is 0.00963. The molecule has 2 rings (SSSR count). The first kappa shape index (κ1) is 12.6. The standard InChI is InChI=1S/C14H17FN2O/c15-13-6-5-11(16)9-12(13)14(18)17-8-7-10-3-1-2-4-10/h3,5-6,9H,1-2,4,7-8,16H2,(H,17,18). The van der Waals surface area contributed by atoms with Crippen LogP contribution in [0.5, 0.6) is 0 Å². The number of benzene rings is 1. The van der Waals surface area contributed by atoms with Crippen LogP contribution in [0, 0.1) is 5.82 Å². The normalized spacial score (nSPS) is 14.4. The summed E-state index contributed by atoms with van der Waals surface area (Å²) < 4.78 is 13.4. The number of rotatable bonds is 4. The van der Waals surface area contributed by atoms with Gasteiger partial charge in [0.1, 0.15) is 5.82 Å². The molecule has 1 amide bonds. The zero-order valence-corrected chi connectivity index (χ0v) is 10.2. The summed E-state index contributed by atoms with van der Waals surface area (Å²) in [5.41, 5.74) is 7.31. The molecular formula is C14H17FN2O. The summed E-state index contributed by atoms with van der Waals surface area (Å²) in [5, 5.41) is 2.72. The fourth-order valence-corrected chi connectivity index (χ4v) is 2.11. The third-order valence-corrected chi connectivity index (χ3v) is 3.10. The molecule has 0 unspecified atom stereocenters. The van der Waals surface area contributed by atoms with E-state index in [1.165, 1.54) is 30.2 Å². The van der Waals surface area contributed by atoms with E-state index in [4.69, 9.17) is 5.73 Å². The van der Waals surface area contributed by atoms with Crippen LogP contribution < -0.4 is 11.1 Å². The van der Waals surface area contributed by atoms with Gasteiger partial charge in [-0.15, -0.1) is 0 Å². The average Bonchev–Trinajstić information content (AvgIpc) is 2.85. The number of nitrogens with one attached hydrogen (secondary N) is 1. The molecule has 1 aromatic carbocycles. The molecule has 0 fully saturated rings. The first-order valence-corrected chi connectivity index (χ1v) is 6.18. The largest absolute Gasteiger partial charge is 0.399 e. The van der Waals surface area contributed by atoms with E-state index in [-0.39, 0.29) is 5.56 Å². The van der Waals surface area contributed by atoms with Crippen LogP contribution in [0.2, 0.25) is 0 Å². The van der Waals surface area contributed by atoms with Crippen LogP contribution in [-0.2, 0) is 0 Å². The molecule has 3 N–H and O–H groups in total. The Bertz CT molecular complexity index is 483. The highest BCUT2D eigenvalue weighted by Gasteiger charge is 2.12. The van der Waals surface area contributed by atoms with Crippen molar-refractivity contribution in [1.29, 1.82) is 0 Å². The van der Waals surface area contributed by atoms with Crippen molar-refractivity contribution < 1.29 is 9.18 Å². The molecule has 1 aromatic rings. The number of hydrogen-bond acceptors (Lipinski definition) is 2. The Morgan fingerprint density at radius 3 is 3.00 bits per heavy atom. The Hall–Kier alpha value is -1.84. The number of allylic oxidation sites excluding steroid dienone is 1. The molecule has 1 aliphatic rings. The molecule has 1 aliphatic carbocycles. The van der Waals surface area contributed by atoms with Crippen molar-refractivity contribution in [1.82, 2.24) is 5.32 Å². The SMILES string of the molecule is Nc1ccc(F)c(C(=O)NCCC2=CCCC2)c1. The van der Waals surface area contributed by atoms with Gasteiger partial charge in [-0.1, -0.05) is 11.6 Å². The van der Waals surface area contributed by atoms with Gasteiger partial charge in [0, 0.05) is 12.2 Å². The first-order valence-electron chi connectivity index (χ1n) is 6.18. The third-order valence-electron chi connectivity index (χ3n) is 3.10. The number of nitrogen functional groups attached to an aromatic ring is 1. The van der Waals surface area contributed by atoms with Crippen molar-refractivity contribution in [3.63, 3.8) is 0 Å². The Morgan fingerprint density at radius 1 is 1.44 bits per heavy atom. The van der Waals surface area contributed by atoms with Crippen molar-refractivity contribution in [2.24, 2.45) is 0 Å². The van der Waals surface area contributed by atoms with Crippen molar-refractivity contribution in [3.05, 3.63) is 41.2 Å². The number of carbonyl (C=O) groups is 1. The zero-order chi connectivity index (χ0) is 13.0. The van der Waals surface area contributed by atoms with Crippen LogP contribution in [0.3, 0.4) is 0 Å². The zero-order valence-electron chi connectivity index (χ0n) is 10.2. The molecule has 18 heavy (non-hydrogen) atoms. The molecular weight excluding hydrogens is 231 g/mol. The molecule has 0 aromatic heterocycles. The lowest BCUT2D eigenvalue weighted by Crippen LogP contribution is -2.25. The van der Waals surface area contributed by atoms with E-state index < -0.39 is 11.7 Å².